The molecule has 2 aliphatic heterocycles. The molecule has 2 saturated heterocycles. The van der Waals surface area contributed by atoms with Crippen molar-refractivity contribution in [3.63, 3.8) is 0 Å². The Bertz CT molecular complexity index is 709. The monoisotopic (exact) mass is 313 g/mol. The molecule has 4 heterocycles. The third-order valence-corrected chi connectivity index (χ3v) is 5.49. The highest BCUT2D eigenvalue weighted by Gasteiger charge is 2.55. The van der Waals surface area contributed by atoms with Gasteiger partial charge in [0.2, 0.25) is 5.95 Å². The minimum Gasteiger partial charge on any atom is -0.355 e. The number of hydrogen-bond acceptors (Lipinski definition) is 6. The molecule has 0 aliphatic carbocycles. The molecule has 2 fully saturated rings. The Balaban J connectivity index is 1.55. The summed E-state index contributed by atoms with van der Waals surface area (Å²) in [5, 5.41) is 10.9. The van der Waals surface area contributed by atoms with E-state index in [9.17, 15) is 0 Å². The average Bonchev–Trinajstić information content (AvgIpc) is 3.10. The number of fused-ring (bicyclic) bond motifs is 1. The molecule has 0 amide bonds. The zero-order chi connectivity index (χ0) is 16.1. The molecular formula is C16H23N7. The van der Waals surface area contributed by atoms with E-state index < -0.39 is 0 Å². The topological polar surface area (TPSA) is 70.9 Å². The summed E-state index contributed by atoms with van der Waals surface area (Å²) in [5.41, 5.74) is 1.50. The van der Waals surface area contributed by atoms with Gasteiger partial charge in [0.1, 0.15) is 5.82 Å². The lowest BCUT2D eigenvalue weighted by atomic mass is 9.71. The Labute approximate surface area is 136 Å². The maximum absolute atomic E-state index is 4.70. The van der Waals surface area contributed by atoms with Crippen LogP contribution in [0.25, 0.3) is 0 Å². The summed E-state index contributed by atoms with van der Waals surface area (Å²) in [4.78, 5) is 11.4. The number of aromatic nitrogens is 4. The molecule has 2 N–H and O–H groups in total. The van der Waals surface area contributed by atoms with Crippen LogP contribution in [0.5, 0.6) is 0 Å². The number of nitrogens with one attached hydrogen (secondary N) is 2. The number of anilines is 3. The molecule has 2 atom stereocenters. The highest BCUT2D eigenvalue weighted by Crippen LogP contribution is 2.49. The molecule has 0 unspecified atom stereocenters. The van der Waals surface area contributed by atoms with Crippen molar-refractivity contribution in [1.82, 2.24) is 25.1 Å². The molecule has 7 heteroatoms. The van der Waals surface area contributed by atoms with Crippen LogP contribution in [0.15, 0.2) is 24.7 Å². The van der Waals surface area contributed by atoms with Gasteiger partial charge in [-0.05, 0) is 6.07 Å². The van der Waals surface area contributed by atoms with E-state index in [2.05, 4.69) is 39.5 Å². The van der Waals surface area contributed by atoms with Crippen LogP contribution in [-0.4, -0.2) is 45.9 Å². The van der Waals surface area contributed by atoms with Crippen molar-refractivity contribution in [2.24, 2.45) is 17.9 Å². The summed E-state index contributed by atoms with van der Waals surface area (Å²) >= 11 is 0. The lowest BCUT2D eigenvalue weighted by molar-refractivity contribution is 0.212. The first-order valence-corrected chi connectivity index (χ1v) is 8.02. The predicted octanol–water partition coefficient (Wildman–Crippen LogP) is 1.39. The third kappa shape index (κ3) is 2.35. The minimum absolute atomic E-state index is 0.300. The number of rotatable bonds is 3. The fourth-order valence-electron chi connectivity index (χ4n) is 3.80. The van der Waals surface area contributed by atoms with Gasteiger partial charge in [0, 0.05) is 56.5 Å². The van der Waals surface area contributed by atoms with Crippen LogP contribution < -0.4 is 15.5 Å². The van der Waals surface area contributed by atoms with Crippen molar-refractivity contribution in [3.8, 4) is 0 Å². The van der Waals surface area contributed by atoms with Crippen molar-refractivity contribution in [2.45, 2.75) is 13.8 Å². The van der Waals surface area contributed by atoms with Crippen LogP contribution in [0.4, 0.5) is 17.5 Å². The molecule has 2 aliphatic rings. The summed E-state index contributed by atoms with van der Waals surface area (Å²) in [6.45, 7) is 8.96. The SMILES string of the molecule is Cn1cc(Nc2nccc(N3C[C@]4(C)CNC[C@]4(C)C3)n2)cn1. The molecule has 0 saturated carbocycles. The van der Waals surface area contributed by atoms with Gasteiger partial charge in [-0.15, -0.1) is 0 Å². The average molecular weight is 313 g/mol. The largest absolute Gasteiger partial charge is 0.355 e. The minimum atomic E-state index is 0.300. The zero-order valence-corrected chi connectivity index (χ0v) is 13.9. The maximum atomic E-state index is 4.70. The second kappa shape index (κ2) is 4.92. The Morgan fingerprint density at radius 2 is 1.96 bits per heavy atom. The van der Waals surface area contributed by atoms with Gasteiger partial charge in [0.05, 0.1) is 11.9 Å². The molecule has 122 valence electrons. The summed E-state index contributed by atoms with van der Waals surface area (Å²) in [6, 6.07) is 2.00. The van der Waals surface area contributed by atoms with Gasteiger partial charge in [0.15, 0.2) is 0 Å². The summed E-state index contributed by atoms with van der Waals surface area (Å²) in [5.74, 6) is 1.60. The van der Waals surface area contributed by atoms with Gasteiger partial charge in [0.25, 0.3) is 0 Å². The second-order valence-electron chi connectivity index (χ2n) is 7.35. The summed E-state index contributed by atoms with van der Waals surface area (Å²) in [7, 11) is 1.89. The molecule has 0 bridgehead atoms. The lowest BCUT2D eigenvalue weighted by Crippen LogP contribution is -2.34. The zero-order valence-electron chi connectivity index (χ0n) is 13.9. The molecule has 23 heavy (non-hydrogen) atoms. The van der Waals surface area contributed by atoms with Crippen molar-refractivity contribution in [2.75, 3.05) is 36.4 Å². The Hall–Kier alpha value is -2.15. The Morgan fingerprint density at radius 3 is 2.61 bits per heavy atom. The van der Waals surface area contributed by atoms with Crippen LogP contribution in [-0.2, 0) is 7.05 Å². The quantitative estimate of drug-likeness (QED) is 0.892. The van der Waals surface area contributed by atoms with Crippen molar-refractivity contribution in [1.29, 1.82) is 0 Å². The van der Waals surface area contributed by atoms with Crippen molar-refractivity contribution >= 4 is 17.5 Å². The summed E-state index contributed by atoms with van der Waals surface area (Å²) in [6.07, 6.45) is 5.49. The van der Waals surface area contributed by atoms with E-state index >= 15 is 0 Å². The second-order valence-corrected chi connectivity index (χ2v) is 7.35. The van der Waals surface area contributed by atoms with E-state index in [0.29, 0.717) is 16.8 Å². The smallest absolute Gasteiger partial charge is 0.229 e. The highest BCUT2D eigenvalue weighted by atomic mass is 15.3. The molecule has 0 radical (unpaired) electrons. The maximum Gasteiger partial charge on any atom is 0.229 e. The van der Waals surface area contributed by atoms with E-state index in [0.717, 1.165) is 37.7 Å². The normalized spacial score (nSPS) is 29.8. The lowest BCUT2D eigenvalue weighted by Gasteiger charge is -2.30. The predicted molar refractivity (Wildman–Crippen MR) is 89.8 cm³/mol. The Kier molecular flexibility index (Phi) is 3.09. The molecule has 0 aromatic carbocycles. The van der Waals surface area contributed by atoms with Crippen LogP contribution in [0, 0.1) is 10.8 Å². The fourth-order valence-corrected chi connectivity index (χ4v) is 3.80. The van der Waals surface area contributed by atoms with E-state index in [1.165, 1.54) is 0 Å². The number of nitrogens with zero attached hydrogens (tertiary/aromatic N) is 5. The molecular weight excluding hydrogens is 290 g/mol. The third-order valence-electron chi connectivity index (χ3n) is 5.49. The van der Waals surface area contributed by atoms with Crippen molar-refractivity contribution < 1.29 is 0 Å². The number of hydrogen-bond donors (Lipinski definition) is 2. The molecule has 0 spiro atoms. The standard InChI is InChI=1S/C16H23N7/c1-15-8-17-9-16(15,2)11-23(10-15)13-4-5-18-14(21-13)20-12-6-19-22(3)7-12/h4-7,17H,8-11H2,1-3H3,(H,18,20,21)/t15-,16+. The van der Waals surface area contributed by atoms with Gasteiger partial charge in [-0.1, -0.05) is 13.8 Å². The van der Waals surface area contributed by atoms with E-state index in [1.807, 2.05) is 25.5 Å². The Morgan fingerprint density at radius 1 is 1.22 bits per heavy atom. The first-order chi connectivity index (χ1) is 11.0. The highest BCUT2D eigenvalue weighted by molar-refractivity contribution is 5.53. The van der Waals surface area contributed by atoms with Gasteiger partial charge >= 0.3 is 0 Å². The first kappa shape index (κ1) is 14.4. The molecule has 2 aromatic rings. The molecule has 2 aromatic heterocycles. The molecule has 4 rings (SSSR count). The van der Waals surface area contributed by atoms with Crippen LogP contribution in [0.2, 0.25) is 0 Å². The van der Waals surface area contributed by atoms with Crippen LogP contribution in [0.1, 0.15) is 13.8 Å². The summed E-state index contributed by atoms with van der Waals surface area (Å²) < 4.78 is 1.75. The van der Waals surface area contributed by atoms with E-state index in [-0.39, 0.29) is 0 Å². The fraction of sp³-hybridized carbons (Fsp3) is 0.562. The molecule has 7 nitrogen and oxygen atoms in total. The van der Waals surface area contributed by atoms with E-state index in [1.54, 1.807) is 10.9 Å². The van der Waals surface area contributed by atoms with Gasteiger partial charge in [-0.25, -0.2) is 4.98 Å². The van der Waals surface area contributed by atoms with Gasteiger partial charge in [-0.3, -0.25) is 4.68 Å². The van der Waals surface area contributed by atoms with Crippen LogP contribution in [0.3, 0.4) is 0 Å². The van der Waals surface area contributed by atoms with Crippen LogP contribution >= 0.6 is 0 Å². The van der Waals surface area contributed by atoms with Crippen molar-refractivity contribution in [3.05, 3.63) is 24.7 Å². The number of aryl methyl sites for hydroxylation is 1. The first-order valence-electron chi connectivity index (χ1n) is 8.02. The van der Waals surface area contributed by atoms with Gasteiger partial charge in [-0.2, -0.15) is 10.1 Å². The van der Waals surface area contributed by atoms with Gasteiger partial charge < -0.3 is 15.5 Å². The van der Waals surface area contributed by atoms with E-state index in [4.69, 9.17) is 4.98 Å².